The molecule has 0 aliphatic carbocycles. The number of amides is 1. The average Bonchev–Trinajstić information content (AvgIpc) is 2.98. The van der Waals surface area contributed by atoms with Crippen molar-refractivity contribution >= 4 is 24.0 Å². The predicted molar refractivity (Wildman–Crippen MR) is 90.0 cm³/mol. The largest absolute Gasteiger partial charge is 0.475 e. The summed E-state index contributed by atoms with van der Waals surface area (Å²) in [5.74, 6) is -1.12. The molecule has 2 aromatic heterocycles. The van der Waals surface area contributed by atoms with Crippen LogP contribution in [0.1, 0.15) is 11.1 Å². The Hall–Kier alpha value is -2.64. The van der Waals surface area contributed by atoms with Gasteiger partial charge >= 0.3 is 7.12 Å². The van der Waals surface area contributed by atoms with Gasteiger partial charge in [0, 0.05) is 17.8 Å². The number of aromatic nitrogens is 1. The predicted octanol–water partition coefficient (Wildman–Crippen LogP) is 1.11. The van der Waals surface area contributed by atoms with Crippen LogP contribution in [0.15, 0.2) is 59.5 Å². The Kier molecular flexibility index (Phi) is 4.93. The molecular formula is C17H17BN2O4. The summed E-state index contributed by atoms with van der Waals surface area (Å²) in [5, 5.41) is 22.7. The van der Waals surface area contributed by atoms with Gasteiger partial charge in [-0.2, -0.15) is 0 Å². The van der Waals surface area contributed by atoms with Gasteiger partial charge in [0.2, 0.25) is 5.91 Å². The van der Waals surface area contributed by atoms with Gasteiger partial charge in [0.15, 0.2) is 0 Å². The standard InChI is InChI=1S/C17H17BN2O4/c21-17(8-12-4-3-7-19-10-12)20-16(18(22)23)9-13-11-24-15-6-2-1-5-14(13)15/h1-7,10-11,16,22-23H,8-9H2,(H,20,21). The summed E-state index contributed by atoms with van der Waals surface area (Å²) in [7, 11) is -1.67. The Bertz CT molecular complexity index is 820. The molecule has 3 rings (SSSR count). The summed E-state index contributed by atoms with van der Waals surface area (Å²) in [6.45, 7) is 0. The van der Waals surface area contributed by atoms with E-state index in [4.69, 9.17) is 4.42 Å². The summed E-state index contributed by atoms with van der Waals surface area (Å²) in [4.78, 5) is 16.1. The van der Waals surface area contributed by atoms with Gasteiger partial charge < -0.3 is 19.8 Å². The molecule has 1 aromatic carbocycles. The normalized spacial score (nSPS) is 12.1. The third-order valence-corrected chi connectivity index (χ3v) is 3.79. The molecule has 0 saturated heterocycles. The average molecular weight is 324 g/mol. The number of nitrogens with one attached hydrogen (secondary N) is 1. The van der Waals surface area contributed by atoms with Crippen molar-refractivity contribution in [3.8, 4) is 0 Å². The first-order valence-corrected chi connectivity index (χ1v) is 7.63. The lowest BCUT2D eigenvalue weighted by Gasteiger charge is -2.17. The highest BCUT2D eigenvalue weighted by atomic mass is 16.4. The lowest BCUT2D eigenvalue weighted by atomic mass is 9.76. The van der Waals surface area contributed by atoms with E-state index in [1.807, 2.05) is 24.3 Å². The monoisotopic (exact) mass is 324 g/mol. The van der Waals surface area contributed by atoms with Crippen LogP contribution >= 0.6 is 0 Å². The zero-order chi connectivity index (χ0) is 16.9. The van der Waals surface area contributed by atoms with Crippen molar-refractivity contribution in [1.29, 1.82) is 0 Å². The molecule has 1 atom stereocenters. The molecule has 0 aliphatic rings. The van der Waals surface area contributed by atoms with E-state index >= 15 is 0 Å². The van der Waals surface area contributed by atoms with E-state index < -0.39 is 13.1 Å². The Morgan fingerprint density at radius 3 is 2.83 bits per heavy atom. The van der Waals surface area contributed by atoms with Crippen LogP contribution in [0.25, 0.3) is 11.0 Å². The van der Waals surface area contributed by atoms with Gasteiger partial charge in [-0.15, -0.1) is 0 Å². The summed E-state index contributed by atoms with van der Waals surface area (Å²) in [6.07, 6.45) is 5.20. The second-order valence-electron chi connectivity index (χ2n) is 5.59. The van der Waals surface area contributed by atoms with Crippen molar-refractivity contribution in [2.75, 3.05) is 0 Å². The quantitative estimate of drug-likeness (QED) is 0.590. The lowest BCUT2D eigenvalue weighted by Crippen LogP contribution is -2.48. The lowest BCUT2D eigenvalue weighted by molar-refractivity contribution is -0.120. The summed E-state index contributed by atoms with van der Waals surface area (Å²) in [5.41, 5.74) is 2.29. The number of carbonyl (C=O) groups excluding carboxylic acids is 1. The molecule has 3 aromatic rings. The number of para-hydroxylation sites is 1. The van der Waals surface area contributed by atoms with Crippen LogP contribution in [0.4, 0.5) is 0 Å². The van der Waals surface area contributed by atoms with E-state index in [1.54, 1.807) is 30.8 Å². The third kappa shape index (κ3) is 3.82. The molecule has 7 heteroatoms. The molecular weight excluding hydrogens is 307 g/mol. The maximum absolute atomic E-state index is 12.1. The molecule has 1 unspecified atom stereocenters. The molecule has 0 spiro atoms. The Labute approximate surface area is 139 Å². The number of hydrogen-bond donors (Lipinski definition) is 3. The highest BCUT2D eigenvalue weighted by Gasteiger charge is 2.26. The van der Waals surface area contributed by atoms with Gasteiger partial charge in [-0.3, -0.25) is 9.78 Å². The van der Waals surface area contributed by atoms with E-state index in [2.05, 4.69) is 10.3 Å². The molecule has 122 valence electrons. The molecule has 3 N–H and O–H groups in total. The molecule has 6 nitrogen and oxygen atoms in total. The van der Waals surface area contributed by atoms with Gasteiger partial charge in [-0.05, 0) is 29.7 Å². The van der Waals surface area contributed by atoms with Crippen LogP contribution in [0.3, 0.4) is 0 Å². The Morgan fingerprint density at radius 2 is 2.08 bits per heavy atom. The first-order chi connectivity index (χ1) is 11.6. The van der Waals surface area contributed by atoms with Crippen molar-refractivity contribution in [2.24, 2.45) is 0 Å². The van der Waals surface area contributed by atoms with E-state index in [-0.39, 0.29) is 18.7 Å². The van der Waals surface area contributed by atoms with Gasteiger partial charge in [-0.1, -0.05) is 24.3 Å². The fraction of sp³-hybridized carbons (Fsp3) is 0.176. The van der Waals surface area contributed by atoms with Gasteiger partial charge in [0.1, 0.15) is 5.58 Å². The van der Waals surface area contributed by atoms with E-state index in [0.29, 0.717) is 0 Å². The Balaban J connectivity index is 1.70. The van der Waals surface area contributed by atoms with Gasteiger partial charge in [-0.25, -0.2) is 0 Å². The number of carbonyl (C=O) groups is 1. The Morgan fingerprint density at radius 1 is 1.25 bits per heavy atom. The van der Waals surface area contributed by atoms with Crippen LogP contribution in [0.5, 0.6) is 0 Å². The van der Waals surface area contributed by atoms with Crippen molar-refractivity contribution in [2.45, 2.75) is 18.8 Å². The van der Waals surface area contributed by atoms with Crippen LogP contribution < -0.4 is 5.32 Å². The minimum absolute atomic E-state index is 0.128. The minimum Gasteiger partial charge on any atom is -0.464 e. The molecule has 0 radical (unpaired) electrons. The van der Waals surface area contributed by atoms with E-state index in [0.717, 1.165) is 22.1 Å². The fourth-order valence-corrected chi connectivity index (χ4v) is 2.60. The summed E-state index contributed by atoms with van der Waals surface area (Å²) in [6, 6.07) is 11.0. The minimum atomic E-state index is -1.67. The third-order valence-electron chi connectivity index (χ3n) is 3.79. The van der Waals surface area contributed by atoms with E-state index in [1.165, 1.54) is 0 Å². The van der Waals surface area contributed by atoms with Crippen molar-refractivity contribution in [1.82, 2.24) is 10.3 Å². The maximum Gasteiger partial charge on any atom is 0.475 e. The van der Waals surface area contributed by atoms with Crippen LogP contribution in [0, 0.1) is 0 Å². The number of pyridine rings is 1. The number of fused-ring (bicyclic) bond motifs is 1. The smallest absolute Gasteiger partial charge is 0.464 e. The highest BCUT2D eigenvalue weighted by molar-refractivity contribution is 6.43. The molecule has 2 heterocycles. The van der Waals surface area contributed by atoms with Crippen molar-refractivity contribution < 1.29 is 19.3 Å². The second kappa shape index (κ2) is 7.29. The van der Waals surface area contributed by atoms with Gasteiger partial charge in [0.25, 0.3) is 0 Å². The van der Waals surface area contributed by atoms with Gasteiger partial charge in [0.05, 0.1) is 18.6 Å². The molecule has 1 amide bonds. The second-order valence-corrected chi connectivity index (χ2v) is 5.59. The number of nitrogens with zero attached hydrogens (tertiary/aromatic N) is 1. The molecule has 24 heavy (non-hydrogen) atoms. The zero-order valence-electron chi connectivity index (χ0n) is 12.9. The molecule has 0 fully saturated rings. The maximum atomic E-state index is 12.1. The first kappa shape index (κ1) is 16.2. The van der Waals surface area contributed by atoms with Crippen LogP contribution in [-0.2, 0) is 17.6 Å². The van der Waals surface area contributed by atoms with Crippen LogP contribution in [0.2, 0.25) is 0 Å². The number of rotatable bonds is 6. The highest BCUT2D eigenvalue weighted by Crippen LogP contribution is 2.22. The van der Waals surface area contributed by atoms with E-state index in [9.17, 15) is 14.8 Å². The molecule has 0 aliphatic heterocycles. The topological polar surface area (TPSA) is 95.6 Å². The number of furan rings is 1. The van der Waals surface area contributed by atoms with Crippen molar-refractivity contribution in [3.05, 3.63) is 66.2 Å². The molecule has 0 saturated carbocycles. The fourth-order valence-electron chi connectivity index (χ4n) is 2.60. The molecule has 0 bridgehead atoms. The number of benzene rings is 1. The summed E-state index contributed by atoms with van der Waals surface area (Å²) < 4.78 is 5.45. The van der Waals surface area contributed by atoms with Crippen molar-refractivity contribution in [3.63, 3.8) is 0 Å². The SMILES string of the molecule is O=C(Cc1cccnc1)NC(Cc1coc2ccccc12)B(O)O. The first-order valence-electron chi connectivity index (χ1n) is 7.63. The number of hydrogen-bond acceptors (Lipinski definition) is 5. The zero-order valence-corrected chi connectivity index (χ0v) is 12.9. The van der Waals surface area contributed by atoms with Crippen LogP contribution in [-0.4, -0.2) is 34.0 Å². The summed E-state index contributed by atoms with van der Waals surface area (Å²) >= 11 is 0.